The first kappa shape index (κ1) is 46.0. The van der Waals surface area contributed by atoms with E-state index in [0.717, 1.165) is 27.7 Å². The Morgan fingerprint density at radius 3 is 0.561 bits per heavy atom. The van der Waals surface area contributed by atoms with Gasteiger partial charge in [0.1, 0.15) is 23.9 Å². The quantitative estimate of drug-likeness (QED) is 0.0837. The molecule has 0 saturated heterocycles. The van der Waals surface area contributed by atoms with Gasteiger partial charge in [-0.2, -0.15) is 0 Å². The van der Waals surface area contributed by atoms with Gasteiger partial charge < -0.3 is 58.6 Å². The molecule has 0 aromatic heterocycles. The van der Waals surface area contributed by atoms with Crippen LogP contribution >= 0.6 is 0 Å². The summed E-state index contributed by atoms with van der Waals surface area (Å²) in [6, 6.07) is 0. The molecule has 0 aliphatic heterocycles. The van der Waals surface area contributed by atoms with Gasteiger partial charge in [0.05, 0.1) is 0 Å². The molecule has 0 aliphatic carbocycles. The van der Waals surface area contributed by atoms with Crippen LogP contribution in [0.1, 0.15) is 27.7 Å². The third-order valence-corrected chi connectivity index (χ3v) is 2.54. The molecule has 224 valence electrons. The zero-order valence-corrected chi connectivity index (χ0v) is 23.1. The van der Waals surface area contributed by atoms with E-state index in [0.29, 0.717) is 0 Å². The van der Waals surface area contributed by atoms with E-state index < -0.39 is 97.3 Å². The predicted molar refractivity (Wildman–Crippen MR) is 107 cm³/mol. The van der Waals surface area contributed by atoms with E-state index in [1.54, 1.807) is 0 Å². The molecule has 0 aromatic rings. The molecule has 21 heteroatoms. The first-order valence-corrected chi connectivity index (χ1v) is 9.65. The Kier molecular flexibility index (Phi) is 30.0. The summed E-state index contributed by atoms with van der Waals surface area (Å²) >= 11 is 0. The largest absolute Gasteiger partial charge is 4.00 e. The maximum Gasteiger partial charge on any atom is 4.00 e. The molecule has 20 nitrogen and oxygen atoms in total. The van der Waals surface area contributed by atoms with Gasteiger partial charge in [-0.15, -0.1) is 0 Å². The Morgan fingerprint density at radius 1 is 0.366 bits per heavy atom. The molecule has 0 unspecified atom stereocenters. The normalized spacial score (nSPS) is 8.29. The molecule has 0 fully saturated rings. The number of aliphatic carboxylic acids is 4. The fourth-order valence-corrected chi connectivity index (χ4v) is 0.904. The van der Waals surface area contributed by atoms with Crippen LogP contribution in [0, 0.1) is 0 Å². The van der Waals surface area contributed by atoms with E-state index >= 15 is 0 Å². The second kappa shape index (κ2) is 26.7. The summed E-state index contributed by atoms with van der Waals surface area (Å²) in [7, 11) is 0. The van der Waals surface area contributed by atoms with Crippen LogP contribution in [0.15, 0.2) is 0 Å². The molecule has 0 amide bonds. The fourth-order valence-electron chi connectivity index (χ4n) is 0.904. The number of esters is 4. The molecule has 0 atom stereocenters. The number of rotatable bonds is 12. The third kappa shape index (κ3) is 39.8. The molecule has 0 saturated carbocycles. The first-order chi connectivity index (χ1) is 18.1. The van der Waals surface area contributed by atoms with Gasteiger partial charge in [-0.1, -0.05) is 0 Å². The monoisotopic (exact) mass is 628 g/mol. The summed E-state index contributed by atoms with van der Waals surface area (Å²) in [6.45, 7) is 1.28. The van der Waals surface area contributed by atoms with E-state index in [1.165, 1.54) is 0 Å². The van der Waals surface area contributed by atoms with Crippen molar-refractivity contribution in [3.8, 4) is 0 Å². The number of ketones is 4. The number of Topliss-reactive ketones (excluding diaryl/α,β-unsaturated/α-hetero) is 4. The summed E-state index contributed by atoms with van der Waals surface area (Å²) in [5.41, 5.74) is 0. The van der Waals surface area contributed by atoms with E-state index in [1.807, 2.05) is 0 Å². The van der Waals surface area contributed by atoms with Crippen LogP contribution in [0.5, 0.6) is 0 Å². The molecule has 0 aromatic carbocycles. The number of carboxylic acid groups (broad SMARTS) is 4. The van der Waals surface area contributed by atoms with Gasteiger partial charge >= 0.3 is 45.6 Å². The van der Waals surface area contributed by atoms with E-state index in [-0.39, 0.29) is 21.7 Å². The topological polar surface area (TPSA) is 334 Å². The van der Waals surface area contributed by atoms with Crippen molar-refractivity contribution in [2.75, 3.05) is 26.4 Å². The number of carbonyl (C=O) groups excluding carboxylic acids is 12. The van der Waals surface area contributed by atoms with Crippen LogP contribution in [0.4, 0.5) is 0 Å². The number of ether oxygens (including phenoxy) is 4. The van der Waals surface area contributed by atoms with Crippen LogP contribution < -0.4 is 20.4 Å². The third-order valence-electron chi connectivity index (χ3n) is 2.54. The van der Waals surface area contributed by atoms with Gasteiger partial charge in [0, 0.05) is 27.7 Å². The Bertz CT molecular complexity index is 850. The Balaban J connectivity index is -0.000000139. The molecule has 0 spiro atoms. The average Bonchev–Trinajstić information content (AvgIpc) is 2.83. The SMILES string of the molecule is CC(=O)OCC(=O)C(=O)[O-].CC(=O)OCC(=O)C(=O)[O-].CC(=O)OCC(=O)C(=O)[O-].CC(=O)OCC(=O)C(=O)[O-].[Ti+4]. The maximum absolute atomic E-state index is 10.1. The molecule has 0 aliphatic rings. The van der Waals surface area contributed by atoms with Gasteiger partial charge in [-0.25, -0.2) is 0 Å². The van der Waals surface area contributed by atoms with Crippen molar-refractivity contribution in [3.05, 3.63) is 0 Å². The van der Waals surface area contributed by atoms with Gasteiger partial charge in [0.25, 0.3) is 0 Å². The van der Waals surface area contributed by atoms with Gasteiger partial charge in [0.15, 0.2) is 26.4 Å². The second-order valence-corrected chi connectivity index (χ2v) is 5.96. The molecule has 0 bridgehead atoms. The second-order valence-electron chi connectivity index (χ2n) is 5.96. The van der Waals surface area contributed by atoms with E-state index in [4.69, 9.17) is 0 Å². The van der Waals surface area contributed by atoms with Crippen LogP contribution in [-0.4, -0.2) is 97.3 Å². The van der Waals surface area contributed by atoms with Gasteiger partial charge in [0.2, 0.25) is 23.1 Å². The Morgan fingerprint density at radius 2 is 0.488 bits per heavy atom. The maximum atomic E-state index is 10.1. The Hall–Kier alpha value is -4.85. The molecule has 0 radical (unpaired) electrons. The summed E-state index contributed by atoms with van der Waals surface area (Å²) < 4.78 is 16.2. The molecular weight excluding hydrogens is 608 g/mol. The summed E-state index contributed by atoms with van der Waals surface area (Å²) in [4.78, 5) is 119. The average molecular weight is 628 g/mol. The van der Waals surface area contributed by atoms with Gasteiger partial charge in [-0.05, 0) is 0 Å². The van der Waals surface area contributed by atoms with Gasteiger partial charge in [-0.3, -0.25) is 38.4 Å². The zero-order chi connectivity index (χ0) is 32.6. The molecule has 41 heavy (non-hydrogen) atoms. The summed E-state index contributed by atoms with van der Waals surface area (Å²) in [5.74, 6) is -15.1. The molecule has 0 rings (SSSR count). The smallest absolute Gasteiger partial charge is 0.542 e. The van der Waals surface area contributed by atoms with Crippen molar-refractivity contribution in [1.29, 1.82) is 0 Å². The number of carbonyl (C=O) groups is 12. The number of hydrogen-bond donors (Lipinski definition) is 0. The minimum Gasteiger partial charge on any atom is -0.542 e. The van der Waals surface area contributed by atoms with Crippen molar-refractivity contribution >= 4 is 70.9 Å². The first-order valence-electron chi connectivity index (χ1n) is 9.65. The molecule has 0 N–H and O–H groups in total. The minimum absolute atomic E-state index is 0. The van der Waals surface area contributed by atoms with Crippen molar-refractivity contribution < 1.29 is 119 Å². The van der Waals surface area contributed by atoms with Crippen molar-refractivity contribution in [3.63, 3.8) is 0 Å². The van der Waals surface area contributed by atoms with Crippen molar-refractivity contribution in [2.45, 2.75) is 27.7 Å². The van der Waals surface area contributed by atoms with Crippen molar-refractivity contribution in [1.82, 2.24) is 0 Å². The Labute approximate surface area is 243 Å². The van der Waals surface area contributed by atoms with Crippen LogP contribution in [-0.2, 0) is 98.2 Å². The minimum atomic E-state index is -1.85. The summed E-state index contributed by atoms with van der Waals surface area (Å²) in [5, 5.41) is 38.6. The number of carboxylic acids is 4. The summed E-state index contributed by atoms with van der Waals surface area (Å²) in [6.07, 6.45) is 0. The molecule has 0 heterocycles. The van der Waals surface area contributed by atoms with E-state index in [9.17, 15) is 78.0 Å². The number of hydrogen-bond acceptors (Lipinski definition) is 20. The van der Waals surface area contributed by atoms with Crippen molar-refractivity contribution in [2.24, 2.45) is 0 Å². The zero-order valence-electron chi connectivity index (χ0n) is 21.5. The van der Waals surface area contributed by atoms with Crippen LogP contribution in [0.2, 0.25) is 0 Å². The van der Waals surface area contributed by atoms with E-state index in [2.05, 4.69) is 18.9 Å². The fraction of sp³-hybridized carbons (Fsp3) is 0.400. The standard InChI is InChI=1S/4C5H6O5.Ti/c4*1-3(6)10-2-4(7)5(8)9;/h4*2H2,1H3,(H,8,9);/q;;;;+4/p-4. The predicted octanol–water partition coefficient (Wildman–Crippen LogP) is -8.53. The van der Waals surface area contributed by atoms with Crippen LogP contribution in [0.25, 0.3) is 0 Å². The molecular formula is C20H20O20Ti. The van der Waals surface area contributed by atoms with Crippen LogP contribution in [0.3, 0.4) is 0 Å².